The van der Waals surface area contributed by atoms with Gasteiger partial charge in [0.05, 0.1) is 22.5 Å². The molecule has 0 spiro atoms. The van der Waals surface area contributed by atoms with Crippen molar-refractivity contribution in [3.8, 4) is 0 Å². The van der Waals surface area contributed by atoms with Gasteiger partial charge in [-0.05, 0) is 36.5 Å². The Morgan fingerprint density at radius 1 is 1.28 bits per heavy atom. The zero-order valence-electron chi connectivity index (χ0n) is 14.3. The number of rotatable bonds is 5. The van der Waals surface area contributed by atoms with E-state index in [4.69, 9.17) is 0 Å². The predicted octanol–water partition coefficient (Wildman–Crippen LogP) is 1.74. The third-order valence-electron chi connectivity index (χ3n) is 5.67. The maximum Gasteiger partial charge on any atom is 0.311 e. The Labute approximate surface area is 147 Å². The molecule has 0 unspecified atom stereocenters. The molecule has 2 fully saturated rings. The lowest BCUT2D eigenvalue weighted by Gasteiger charge is -2.23. The van der Waals surface area contributed by atoms with Crippen LogP contribution in [0.1, 0.15) is 31.7 Å². The molecule has 1 aliphatic carbocycles. The van der Waals surface area contributed by atoms with Crippen LogP contribution in [0.3, 0.4) is 0 Å². The van der Waals surface area contributed by atoms with Gasteiger partial charge in [-0.2, -0.15) is 0 Å². The highest BCUT2D eigenvalue weighted by Gasteiger charge is 2.55. The average molecular weight is 365 g/mol. The molecule has 1 aromatic carbocycles. The molecule has 0 bridgehead atoms. The maximum absolute atomic E-state index is 12.6. The van der Waals surface area contributed by atoms with Crippen LogP contribution in [0.2, 0.25) is 0 Å². The number of nitrogens with zero attached hydrogens (tertiary/aromatic N) is 1. The van der Waals surface area contributed by atoms with Gasteiger partial charge in [0, 0.05) is 13.1 Å². The van der Waals surface area contributed by atoms with Gasteiger partial charge in [-0.3, -0.25) is 9.59 Å². The first-order valence-electron chi connectivity index (χ1n) is 8.61. The molecule has 2 aliphatic rings. The van der Waals surface area contributed by atoms with Crippen molar-refractivity contribution in [3.63, 3.8) is 0 Å². The van der Waals surface area contributed by atoms with Crippen LogP contribution in [0.4, 0.5) is 0 Å². The Kier molecular flexibility index (Phi) is 4.62. The molecular weight excluding hydrogens is 342 g/mol. The summed E-state index contributed by atoms with van der Waals surface area (Å²) in [5.41, 5.74) is -0.0316. The van der Waals surface area contributed by atoms with E-state index in [0.29, 0.717) is 13.0 Å². The van der Waals surface area contributed by atoms with Crippen molar-refractivity contribution < 1.29 is 23.1 Å². The van der Waals surface area contributed by atoms with Crippen molar-refractivity contribution in [3.05, 3.63) is 29.8 Å². The fourth-order valence-corrected chi connectivity index (χ4v) is 4.98. The molecule has 1 aromatic rings. The zero-order valence-corrected chi connectivity index (χ0v) is 15.1. The summed E-state index contributed by atoms with van der Waals surface area (Å²) in [6.45, 7) is 2.39. The second kappa shape index (κ2) is 6.44. The number of likely N-dealkylation sites (tertiary alicyclic amines) is 1. The lowest BCUT2D eigenvalue weighted by molar-refractivity contribution is -0.149. The second-order valence-corrected chi connectivity index (χ2v) is 9.33. The standard InChI is InChI=1S/C18H23NO5S/c1-2-25(23,24)15-7-5-13(6-8-15)10-16(20)19-11-14-4-3-9-18(14,12-19)17(21)22/h5-8,14H,2-4,9-12H2,1H3,(H,21,22)/t14-,18+/m0/s1. The highest BCUT2D eigenvalue weighted by atomic mass is 32.2. The zero-order chi connectivity index (χ0) is 18.2. The number of benzene rings is 1. The first-order chi connectivity index (χ1) is 11.8. The highest BCUT2D eigenvalue weighted by molar-refractivity contribution is 7.91. The molecule has 6 nitrogen and oxygen atoms in total. The van der Waals surface area contributed by atoms with E-state index in [1.165, 1.54) is 12.1 Å². The number of carboxylic acid groups (broad SMARTS) is 1. The van der Waals surface area contributed by atoms with E-state index in [-0.39, 0.29) is 35.4 Å². The van der Waals surface area contributed by atoms with Crippen molar-refractivity contribution in [2.75, 3.05) is 18.8 Å². The Morgan fingerprint density at radius 3 is 2.52 bits per heavy atom. The van der Waals surface area contributed by atoms with Crippen LogP contribution in [0.25, 0.3) is 0 Å². The SMILES string of the molecule is CCS(=O)(=O)c1ccc(CC(=O)N2C[C@@H]3CCC[C@@]3(C(=O)O)C2)cc1. The van der Waals surface area contributed by atoms with Crippen molar-refractivity contribution in [1.29, 1.82) is 0 Å². The fraction of sp³-hybridized carbons (Fsp3) is 0.556. The third-order valence-corrected chi connectivity index (χ3v) is 7.42. The largest absolute Gasteiger partial charge is 0.481 e. The summed E-state index contributed by atoms with van der Waals surface area (Å²) in [5, 5.41) is 9.60. The fourth-order valence-electron chi connectivity index (χ4n) is 4.10. The highest BCUT2D eigenvalue weighted by Crippen LogP contribution is 2.48. The van der Waals surface area contributed by atoms with E-state index in [2.05, 4.69) is 0 Å². The van der Waals surface area contributed by atoms with Crippen LogP contribution in [0.5, 0.6) is 0 Å². The minimum Gasteiger partial charge on any atom is -0.481 e. The summed E-state index contributed by atoms with van der Waals surface area (Å²) < 4.78 is 23.6. The number of aliphatic carboxylic acids is 1. The molecule has 1 amide bonds. The van der Waals surface area contributed by atoms with E-state index >= 15 is 0 Å². The number of hydrogen-bond donors (Lipinski definition) is 1. The number of amides is 1. The quantitative estimate of drug-likeness (QED) is 0.858. The lowest BCUT2D eigenvalue weighted by Crippen LogP contribution is -2.37. The molecule has 7 heteroatoms. The summed E-state index contributed by atoms with van der Waals surface area (Å²) in [6.07, 6.45) is 2.57. The lowest BCUT2D eigenvalue weighted by atomic mass is 9.81. The van der Waals surface area contributed by atoms with Crippen LogP contribution < -0.4 is 0 Å². The number of carbonyl (C=O) groups excluding carboxylic acids is 1. The molecule has 1 saturated heterocycles. The van der Waals surface area contributed by atoms with E-state index in [0.717, 1.165) is 18.4 Å². The molecule has 1 saturated carbocycles. The molecule has 1 N–H and O–H groups in total. The molecule has 25 heavy (non-hydrogen) atoms. The van der Waals surface area contributed by atoms with Gasteiger partial charge in [0.2, 0.25) is 5.91 Å². The first kappa shape index (κ1) is 17.9. The summed E-state index contributed by atoms with van der Waals surface area (Å²) in [5.74, 6) is -0.802. The van der Waals surface area contributed by atoms with Crippen LogP contribution in [0.15, 0.2) is 29.2 Å². The number of sulfone groups is 1. The van der Waals surface area contributed by atoms with Gasteiger partial charge in [-0.25, -0.2) is 8.42 Å². The van der Waals surface area contributed by atoms with Crippen molar-refractivity contribution in [2.24, 2.45) is 11.3 Å². The second-order valence-electron chi connectivity index (χ2n) is 7.05. The number of carbonyl (C=O) groups is 2. The maximum atomic E-state index is 12.6. The molecule has 0 radical (unpaired) electrons. The summed E-state index contributed by atoms with van der Waals surface area (Å²) in [7, 11) is -3.25. The number of carboxylic acids is 1. The average Bonchev–Trinajstić information content (AvgIpc) is 3.13. The molecular formula is C18H23NO5S. The van der Waals surface area contributed by atoms with Crippen molar-refractivity contribution in [1.82, 2.24) is 4.90 Å². The summed E-state index contributed by atoms with van der Waals surface area (Å²) >= 11 is 0. The first-order valence-corrected chi connectivity index (χ1v) is 10.3. The Balaban J connectivity index is 1.68. The molecule has 1 heterocycles. The van der Waals surface area contributed by atoms with Gasteiger partial charge in [0.1, 0.15) is 0 Å². The molecule has 0 aromatic heterocycles. The van der Waals surface area contributed by atoms with Crippen LogP contribution in [-0.4, -0.2) is 49.1 Å². The smallest absolute Gasteiger partial charge is 0.311 e. The van der Waals surface area contributed by atoms with Crippen molar-refractivity contribution in [2.45, 2.75) is 37.5 Å². The van der Waals surface area contributed by atoms with E-state index < -0.39 is 21.2 Å². The molecule has 136 valence electrons. The number of fused-ring (bicyclic) bond motifs is 1. The Morgan fingerprint density at radius 2 is 1.96 bits per heavy atom. The number of hydrogen-bond acceptors (Lipinski definition) is 4. The van der Waals surface area contributed by atoms with Gasteiger partial charge in [0.15, 0.2) is 9.84 Å². The van der Waals surface area contributed by atoms with Crippen LogP contribution >= 0.6 is 0 Å². The van der Waals surface area contributed by atoms with E-state index in [1.807, 2.05) is 0 Å². The van der Waals surface area contributed by atoms with Crippen LogP contribution in [0, 0.1) is 11.3 Å². The molecule has 2 atom stereocenters. The monoisotopic (exact) mass is 365 g/mol. The van der Waals surface area contributed by atoms with Crippen molar-refractivity contribution >= 4 is 21.7 Å². The topological polar surface area (TPSA) is 91.8 Å². The molecule has 3 rings (SSSR count). The Bertz CT molecular complexity index is 786. The predicted molar refractivity (Wildman–Crippen MR) is 91.9 cm³/mol. The van der Waals surface area contributed by atoms with E-state index in [1.54, 1.807) is 24.0 Å². The minimum atomic E-state index is -3.25. The van der Waals surface area contributed by atoms with Gasteiger partial charge < -0.3 is 10.0 Å². The van der Waals surface area contributed by atoms with Gasteiger partial charge in [-0.15, -0.1) is 0 Å². The van der Waals surface area contributed by atoms with Crippen LogP contribution in [-0.2, 0) is 25.8 Å². The summed E-state index contributed by atoms with van der Waals surface area (Å²) in [6, 6.07) is 6.37. The normalized spacial score (nSPS) is 25.8. The van der Waals surface area contributed by atoms with Gasteiger partial charge >= 0.3 is 5.97 Å². The van der Waals surface area contributed by atoms with E-state index in [9.17, 15) is 23.1 Å². The molecule has 1 aliphatic heterocycles. The third kappa shape index (κ3) is 3.17. The summed E-state index contributed by atoms with van der Waals surface area (Å²) in [4.78, 5) is 26.2. The van der Waals surface area contributed by atoms with Gasteiger partial charge in [-0.1, -0.05) is 25.5 Å². The minimum absolute atomic E-state index is 0.0394. The Hall–Kier alpha value is -1.89. The van der Waals surface area contributed by atoms with Gasteiger partial charge in [0.25, 0.3) is 0 Å².